The van der Waals surface area contributed by atoms with Gasteiger partial charge in [0.1, 0.15) is 6.61 Å². The molecule has 2 aromatic heterocycles. The Bertz CT molecular complexity index is 846. The van der Waals surface area contributed by atoms with Crippen LogP contribution in [0.1, 0.15) is 61.6 Å². The van der Waals surface area contributed by atoms with Gasteiger partial charge in [0.2, 0.25) is 5.91 Å². The molecular weight excluding hydrogens is 370 g/mol. The van der Waals surface area contributed by atoms with E-state index in [4.69, 9.17) is 9.26 Å². The second kappa shape index (κ2) is 8.26. The SMILES string of the molecule is COCc1nc(C2(CC3CC3)CCN(C(=O)CCn3nc(C)cc3C)CC2)no1. The van der Waals surface area contributed by atoms with Crippen LogP contribution in [0.3, 0.4) is 0 Å². The third-order valence-corrected chi connectivity index (χ3v) is 6.30. The van der Waals surface area contributed by atoms with Crippen molar-refractivity contribution in [2.24, 2.45) is 5.92 Å². The largest absolute Gasteiger partial charge is 0.375 e. The zero-order valence-corrected chi connectivity index (χ0v) is 17.7. The quantitative estimate of drug-likeness (QED) is 0.676. The molecule has 2 aliphatic rings. The summed E-state index contributed by atoms with van der Waals surface area (Å²) in [6.07, 6.45) is 5.93. The zero-order valence-electron chi connectivity index (χ0n) is 17.7. The van der Waals surface area contributed by atoms with E-state index in [1.165, 1.54) is 12.8 Å². The number of rotatable bonds is 8. The minimum absolute atomic E-state index is 0.0802. The molecule has 1 aliphatic carbocycles. The second-order valence-corrected chi connectivity index (χ2v) is 8.65. The topological polar surface area (TPSA) is 86.3 Å². The maximum Gasteiger partial charge on any atom is 0.252 e. The number of carbonyl (C=O) groups is 1. The first kappa shape index (κ1) is 20.1. The maximum atomic E-state index is 12.8. The van der Waals surface area contributed by atoms with Crippen LogP contribution in [0.15, 0.2) is 10.6 Å². The highest BCUT2D eigenvalue weighted by Crippen LogP contribution is 2.46. The third-order valence-electron chi connectivity index (χ3n) is 6.30. The van der Waals surface area contributed by atoms with Crippen LogP contribution >= 0.6 is 0 Å². The van der Waals surface area contributed by atoms with Crippen LogP contribution in [0.5, 0.6) is 0 Å². The van der Waals surface area contributed by atoms with Gasteiger partial charge >= 0.3 is 0 Å². The molecule has 29 heavy (non-hydrogen) atoms. The summed E-state index contributed by atoms with van der Waals surface area (Å²) in [4.78, 5) is 19.4. The van der Waals surface area contributed by atoms with Crippen LogP contribution in [0.25, 0.3) is 0 Å². The van der Waals surface area contributed by atoms with E-state index in [1.54, 1.807) is 7.11 Å². The Labute approximate surface area is 171 Å². The van der Waals surface area contributed by atoms with Gasteiger partial charge in [0, 0.05) is 44.3 Å². The number of ether oxygens (including phenoxy) is 1. The number of aromatic nitrogens is 4. The van der Waals surface area contributed by atoms with Gasteiger partial charge in [-0.05, 0) is 45.1 Å². The Kier molecular flexibility index (Phi) is 5.72. The summed E-state index contributed by atoms with van der Waals surface area (Å²) in [7, 11) is 1.62. The molecule has 2 aromatic rings. The first-order valence-electron chi connectivity index (χ1n) is 10.6. The van der Waals surface area contributed by atoms with Crippen molar-refractivity contribution < 1.29 is 14.1 Å². The van der Waals surface area contributed by atoms with Crippen LogP contribution < -0.4 is 0 Å². The summed E-state index contributed by atoms with van der Waals surface area (Å²) in [5.74, 6) is 2.28. The lowest BCUT2D eigenvalue weighted by Crippen LogP contribution is -2.46. The van der Waals surface area contributed by atoms with Gasteiger partial charge in [0.05, 0.1) is 5.69 Å². The maximum absolute atomic E-state index is 12.8. The van der Waals surface area contributed by atoms with Crippen LogP contribution in [0.2, 0.25) is 0 Å². The molecule has 1 saturated heterocycles. The Morgan fingerprint density at radius 1 is 1.31 bits per heavy atom. The summed E-state index contributed by atoms with van der Waals surface area (Å²) in [5, 5.41) is 8.74. The lowest BCUT2D eigenvalue weighted by molar-refractivity contribution is -0.133. The molecule has 2 fully saturated rings. The van der Waals surface area contributed by atoms with Crippen LogP contribution in [-0.2, 0) is 28.1 Å². The second-order valence-electron chi connectivity index (χ2n) is 8.65. The normalized spacial score (nSPS) is 18.9. The number of piperidine rings is 1. The van der Waals surface area contributed by atoms with E-state index in [2.05, 4.69) is 15.2 Å². The average Bonchev–Trinajstić information content (AvgIpc) is 3.27. The van der Waals surface area contributed by atoms with E-state index in [0.717, 1.165) is 55.5 Å². The summed E-state index contributed by atoms with van der Waals surface area (Å²) < 4.78 is 12.4. The Morgan fingerprint density at radius 3 is 2.69 bits per heavy atom. The van der Waals surface area contributed by atoms with Gasteiger partial charge in [-0.3, -0.25) is 9.48 Å². The third kappa shape index (κ3) is 4.52. The molecule has 0 atom stereocenters. The van der Waals surface area contributed by atoms with E-state index in [0.29, 0.717) is 25.5 Å². The first-order chi connectivity index (χ1) is 14.0. The predicted molar refractivity (Wildman–Crippen MR) is 106 cm³/mol. The molecular formula is C21H31N5O3. The van der Waals surface area contributed by atoms with E-state index < -0.39 is 0 Å². The van der Waals surface area contributed by atoms with Gasteiger partial charge in [-0.2, -0.15) is 10.1 Å². The van der Waals surface area contributed by atoms with Crippen molar-refractivity contribution in [3.8, 4) is 0 Å². The number of carbonyl (C=O) groups excluding carboxylic acids is 1. The molecule has 1 aliphatic heterocycles. The molecule has 0 aromatic carbocycles. The Balaban J connectivity index is 1.38. The van der Waals surface area contributed by atoms with Gasteiger partial charge < -0.3 is 14.2 Å². The number of likely N-dealkylation sites (tertiary alicyclic amines) is 1. The smallest absolute Gasteiger partial charge is 0.252 e. The van der Waals surface area contributed by atoms with E-state index in [-0.39, 0.29) is 11.3 Å². The van der Waals surface area contributed by atoms with Gasteiger partial charge in [-0.25, -0.2) is 0 Å². The molecule has 1 amide bonds. The van der Waals surface area contributed by atoms with Crippen LogP contribution in [0.4, 0.5) is 0 Å². The summed E-state index contributed by atoms with van der Waals surface area (Å²) in [6.45, 7) is 6.47. The van der Waals surface area contributed by atoms with Crippen molar-refractivity contribution in [3.63, 3.8) is 0 Å². The van der Waals surface area contributed by atoms with Crippen molar-refractivity contribution in [1.82, 2.24) is 24.8 Å². The molecule has 4 rings (SSSR count). The Morgan fingerprint density at radius 2 is 2.07 bits per heavy atom. The van der Waals surface area contributed by atoms with E-state index in [9.17, 15) is 4.79 Å². The highest BCUT2D eigenvalue weighted by atomic mass is 16.5. The van der Waals surface area contributed by atoms with Gasteiger partial charge in [0.25, 0.3) is 5.89 Å². The number of amides is 1. The Hall–Kier alpha value is -2.22. The fourth-order valence-corrected chi connectivity index (χ4v) is 4.49. The highest BCUT2D eigenvalue weighted by molar-refractivity contribution is 5.76. The highest BCUT2D eigenvalue weighted by Gasteiger charge is 2.44. The minimum atomic E-state index is -0.0802. The molecule has 8 heteroatoms. The first-order valence-corrected chi connectivity index (χ1v) is 10.6. The molecule has 1 saturated carbocycles. The van der Waals surface area contributed by atoms with Crippen molar-refractivity contribution >= 4 is 5.91 Å². The number of methoxy groups -OCH3 is 1. The van der Waals surface area contributed by atoms with Crippen molar-refractivity contribution in [3.05, 3.63) is 29.2 Å². The molecule has 0 unspecified atom stereocenters. The summed E-state index contributed by atoms with van der Waals surface area (Å²) in [6, 6.07) is 2.04. The molecule has 8 nitrogen and oxygen atoms in total. The van der Waals surface area contributed by atoms with Crippen molar-refractivity contribution in [2.45, 2.75) is 70.9 Å². The molecule has 0 bridgehead atoms. The number of nitrogens with zero attached hydrogens (tertiary/aromatic N) is 5. The summed E-state index contributed by atoms with van der Waals surface area (Å²) >= 11 is 0. The van der Waals surface area contributed by atoms with Crippen molar-refractivity contribution in [2.75, 3.05) is 20.2 Å². The zero-order chi connectivity index (χ0) is 20.4. The lowest BCUT2D eigenvalue weighted by Gasteiger charge is -2.40. The monoisotopic (exact) mass is 401 g/mol. The lowest BCUT2D eigenvalue weighted by atomic mass is 9.73. The number of hydrogen-bond acceptors (Lipinski definition) is 6. The summed E-state index contributed by atoms with van der Waals surface area (Å²) in [5.41, 5.74) is 2.01. The molecule has 0 N–H and O–H groups in total. The van der Waals surface area contributed by atoms with Crippen LogP contribution in [0, 0.1) is 19.8 Å². The van der Waals surface area contributed by atoms with E-state index >= 15 is 0 Å². The van der Waals surface area contributed by atoms with E-state index in [1.807, 2.05) is 29.5 Å². The van der Waals surface area contributed by atoms with Gasteiger partial charge in [0.15, 0.2) is 5.82 Å². The molecule has 3 heterocycles. The molecule has 0 spiro atoms. The van der Waals surface area contributed by atoms with Gasteiger partial charge in [-0.15, -0.1) is 0 Å². The number of hydrogen-bond donors (Lipinski definition) is 0. The molecule has 0 radical (unpaired) electrons. The van der Waals surface area contributed by atoms with Crippen molar-refractivity contribution in [1.29, 1.82) is 0 Å². The van der Waals surface area contributed by atoms with Crippen LogP contribution in [-0.4, -0.2) is 50.9 Å². The standard InChI is InChI=1S/C21H31N5O3/c1-15-12-16(2)26(23-15)9-6-19(27)25-10-7-21(8-11-25,13-17-4-5-17)20-22-18(14-28-3)29-24-20/h12,17H,4-11,13-14H2,1-3H3. The fraction of sp³-hybridized carbons (Fsp3) is 0.714. The van der Waals surface area contributed by atoms with Gasteiger partial charge in [-0.1, -0.05) is 18.0 Å². The fourth-order valence-electron chi connectivity index (χ4n) is 4.49. The minimum Gasteiger partial charge on any atom is -0.375 e. The molecule has 158 valence electrons. The number of aryl methyl sites for hydroxylation is 3. The predicted octanol–water partition coefficient (Wildman–Crippen LogP) is 2.78. The average molecular weight is 402 g/mol.